The molecule has 1 N–H and O–H groups in total. The summed E-state index contributed by atoms with van der Waals surface area (Å²) >= 11 is 0. The molecule has 1 amide bonds. The normalized spacial score (nSPS) is 23.1. The highest BCUT2D eigenvalue weighted by Gasteiger charge is 2.32. The van der Waals surface area contributed by atoms with Gasteiger partial charge in [0.05, 0.1) is 6.10 Å². The van der Waals surface area contributed by atoms with Crippen molar-refractivity contribution in [2.45, 2.75) is 39.2 Å². The number of aryl methyl sites for hydroxylation is 1. The van der Waals surface area contributed by atoms with Gasteiger partial charge in [-0.1, -0.05) is 12.1 Å². The van der Waals surface area contributed by atoms with E-state index >= 15 is 0 Å². The molecule has 0 bridgehead atoms. The van der Waals surface area contributed by atoms with Gasteiger partial charge in [-0.3, -0.25) is 4.79 Å². The maximum absolute atomic E-state index is 12.5. The van der Waals surface area contributed by atoms with Crippen molar-refractivity contribution < 1.29 is 9.90 Å². The van der Waals surface area contributed by atoms with Gasteiger partial charge in [0.2, 0.25) is 5.91 Å². The number of β-amino-alcohol motifs (C(OH)–C–C–N with tert-alkyl or cyclic N) is 1. The number of carbonyl (C=O) groups is 1. The van der Waals surface area contributed by atoms with Gasteiger partial charge in [0.25, 0.3) is 0 Å². The minimum absolute atomic E-state index is 0.131. The van der Waals surface area contributed by atoms with Crippen LogP contribution >= 0.6 is 0 Å². The molecule has 0 aliphatic carbocycles. The molecule has 120 valence electrons. The number of aliphatic hydroxyl groups excluding tert-OH is 1. The summed E-state index contributed by atoms with van der Waals surface area (Å²) in [6, 6.07) is 6.44. The fourth-order valence-corrected chi connectivity index (χ4v) is 3.65. The molecule has 2 heterocycles. The molecule has 4 nitrogen and oxygen atoms in total. The van der Waals surface area contributed by atoms with Crippen molar-refractivity contribution in [1.82, 2.24) is 4.90 Å². The molecule has 1 aromatic rings. The molecule has 22 heavy (non-hydrogen) atoms. The Morgan fingerprint density at radius 2 is 1.86 bits per heavy atom. The number of benzene rings is 1. The maximum Gasteiger partial charge on any atom is 0.225 e. The summed E-state index contributed by atoms with van der Waals surface area (Å²) in [6.07, 6.45) is 2.24. The van der Waals surface area contributed by atoms with Gasteiger partial charge in [0.1, 0.15) is 0 Å². The smallest absolute Gasteiger partial charge is 0.225 e. The molecule has 4 heteroatoms. The van der Waals surface area contributed by atoms with E-state index in [2.05, 4.69) is 36.9 Å². The summed E-state index contributed by atoms with van der Waals surface area (Å²) < 4.78 is 0. The third kappa shape index (κ3) is 2.98. The highest BCUT2D eigenvalue weighted by atomic mass is 16.3. The van der Waals surface area contributed by atoms with Crippen LogP contribution in [-0.4, -0.2) is 48.2 Å². The number of amides is 1. The van der Waals surface area contributed by atoms with Gasteiger partial charge in [-0.05, 0) is 50.3 Å². The molecule has 2 saturated heterocycles. The molecule has 2 aliphatic rings. The van der Waals surface area contributed by atoms with Crippen LogP contribution in [0.25, 0.3) is 0 Å². The zero-order valence-electron chi connectivity index (χ0n) is 13.6. The lowest BCUT2D eigenvalue weighted by atomic mass is 9.94. The Morgan fingerprint density at radius 1 is 1.14 bits per heavy atom. The van der Waals surface area contributed by atoms with Gasteiger partial charge in [-0.15, -0.1) is 0 Å². The summed E-state index contributed by atoms with van der Waals surface area (Å²) in [7, 11) is 0. The zero-order chi connectivity index (χ0) is 15.7. The second kappa shape index (κ2) is 6.29. The topological polar surface area (TPSA) is 43.8 Å². The molecule has 3 rings (SSSR count). The Morgan fingerprint density at radius 3 is 2.50 bits per heavy atom. The lowest BCUT2D eigenvalue weighted by Gasteiger charge is -2.35. The molecule has 0 aromatic heterocycles. The maximum atomic E-state index is 12.5. The van der Waals surface area contributed by atoms with Gasteiger partial charge in [0, 0.05) is 37.8 Å². The highest BCUT2D eigenvalue weighted by Crippen LogP contribution is 2.29. The van der Waals surface area contributed by atoms with Gasteiger partial charge >= 0.3 is 0 Å². The number of piperidine rings is 1. The Kier molecular flexibility index (Phi) is 4.39. The van der Waals surface area contributed by atoms with E-state index in [9.17, 15) is 9.90 Å². The lowest BCUT2D eigenvalue weighted by molar-refractivity contribution is -0.135. The van der Waals surface area contributed by atoms with Crippen LogP contribution in [0.3, 0.4) is 0 Å². The highest BCUT2D eigenvalue weighted by molar-refractivity contribution is 5.79. The monoisotopic (exact) mass is 302 g/mol. The van der Waals surface area contributed by atoms with Gasteiger partial charge < -0.3 is 14.9 Å². The molecule has 2 fully saturated rings. The number of likely N-dealkylation sites (tertiary alicyclic amines) is 1. The van der Waals surface area contributed by atoms with E-state index in [4.69, 9.17) is 0 Å². The minimum Gasteiger partial charge on any atom is -0.391 e. The minimum atomic E-state index is -0.320. The third-order valence-electron chi connectivity index (χ3n) is 5.24. The van der Waals surface area contributed by atoms with Crippen molar-refractivity contribution in [3.63, 3.8) is 0 Å². The second-order valence-corrected chi connectivity index (χ2v) is 6.71. The fraction of sp³-hybridized carbons (Fsp3) is 0.611. The first kappa shape index (κ1) is 15.3. The van der Waals surface area contributed by atoms with Crippen molar-refractivity contribution in [2.75, 3.05) is 31.1 Å². The van der Waals surface area contributed by atoms with E-state index in [1.54, 1.807) is 0 Å². The molecule has 0 spiro atoms. The zero-order valence-corrected chi connectivity index (χ0v) is 13.6. The van der Waals surface area contributed by atoms with Crippen molar-refractivity contribution in [1.29, 1.82) is 0 Å². The van der Waals surface area contributed by atoms with Crippen molar-refractivity contribution >= 4 is 11.6 Å². The average molecular weight is 302 g/mol. The van der Waals surface area contributed by atoms with Crippen LogP contribution in [0.2, 0.25) is 0 Å². The number of rotatable bonds is 2. The van der Waals surface area contributed by atoms with Crippen LogP contribution in [0.4, 0.5) is 5.69 Å². The fourth-order valence-electron chi connectivity index (χ4n) is 3.65. The van der Waals surface area contributed by atoms with Gasteiger partial charge in [0.15, 0.2) is 0 Å². The molecule has 1 aromatic carbocycles. The predicted molar refractivity (Wildman–Crippen MR) is 88.1 cm³/mol. The predicted octanol–water partition coefficient (Wildman–Crippen LogP) is 2.11. The van der Waals surface area contributed by atoms with E-state index in [1.165, 1.54) is 16.8 Å². The van der Waals surface area contributed by atoms with Crippen LogP contribution in [0.15, 0.2) is 18.2 Å². The molecule has 1 atom stereocenters. The number of hydrogen-bond donors (Lipinski definition) is 1. The quantitative estimate of drug-likeness (QED) is 0.910. The van der Waals surface area contributed by atoms with E-state index in [-0.39, 0.29) is 17.9 Å². The van der Waals surface area contributed by atoms with E-state index in [1.807, 2.05) is 4.90 Å². The SMILES string of the molecule is Cc1cccc(N2CCC(C(=O)N3CCC(O)C3)CC2)c1C. The van der Waals surface area contributed by atoms with Crippen LogP contribution in [0.1, 0.15) is 30.4 Å². The molecule has 0 radical (unpaired) electrons. The van der Waals surface area contributed by atoms with E-state index in [0.717, 1.165) is 38.9 Å². The molecule has 0 saturated carbocycles. The third-order valence-corrected chi connectivity index (χ3v) is 5.24. The Bertz CT molecular complexity index is 550. The van der Waals surface area contributed by atoms with Gasteiger partial charge in [-0.2, -0.15) is 0 Å². The van der Waals surface area contributed by atoms with E-state index < -0.39 is 0 Å². The summed E-state index contributed by atoms with van der Waals surface area (Å²) in [4.78, 5) is 16.8. The van der Waals surface area contributed by atoms with Crippen LogP contribution in [0, 0.1) is 19.8 Å². The van der Waals surface area contributed by atoms with E-state index in [0.29, 0.717) is 6.54 Å². The lowest BCUT2D eigenvalue weighted by Crippen LogP contribution is -2.42. The molecule has 2 aliphatic heterocycles. The molecular weight excluding hydrogens is 276 g/mol. The number of aliphatic hydroxyl groups is 1. The summed E-state index contributed by atoms with van der Waals surface area (Å²) in [5, 5.41) is 9.59. The van der Waals surface area contributed by atoms with Crippen molar-refractivity contribution in [3.05, 3.63) is 29.3 Å². The molecular formula is C18H26N2O2. The van der Waals surface area contributed by atoms with Crippen molar-refractivity contribution in [3.8, 4) is 0 Å². The van der Waals surface area contributed by atoms with Crippen LogP contribution in [0.5, 0.6) is 0 Å². The van der Waals surface area contributed by atoms with Crippen LogP contribution in [-0.2, 0) is 4.79 Å². The standard InChI is InChI=1S/C18H26N2O2/c1-13-4-3-5-17(14(13)2)19-9-6-15(7-10-19)18(22)20-11-8-16(21)12-20/h3-5,15-16,21H,6-12H2,1-2H3. The van der Waals surface area contributed by atoms with Gasteiger partial charge in [-0.25, -0.2) is 0 Å². The number of anilines is 1. The number of carbonyl (C=O) groups excluding carboxylic acids is 1. The molecule has 1 unspecified atom stereocenters. The van der Waals surface area contributed by atoms with Crippen LogP contribution < -0.4 is 4.90 Å². The first-order chi connectivity index (χ1) is 10.6. The Balaban J connectivity index is 1.60. The first-order valence-corrected chi connectivity index (χ1v) is 8.34. The largest absolute Gasteiger partial charge is 0.391 e. The summed E-state index contributed by atoms with van der Waals surface area (Å²) in [5.41, 5.74) is 3.97. The second-order valence-electron chi connectivity index (χ2n) is 6.71. The Hall–Kier alpha value is -1.55. The first-order valence-electron chi connectivity index (χ1n) is 8.34. The number of hydrogen-bond acceptors (Lipinski definition) is 3. The summed E-state index contributed by atoms with van der Waals surface area (Å²) in [6.45, 7) is 7.45. The van der Waals surface area contributed by atoms with Crippen molar-refractivity contribution in [2.24, 2.45) is 5.92 Å². The Labute approximate surface area is 132 Å². The number of nitrogens with zero attached hydrogens (tertiary/aromatic N) is 2. The average Bonchev–Trinajstić information content (AvgIpc) is 2.96. The summed E-state index contributed by atoms with van der Waals surface area (Å²) in [5.74, 6) is 0.379.